The van der Waals surface area contributed by atoms with Gasteiger partial charge in [0.2, 0.25) is 5.91 Å². The molecule has 1 aromatic heterocycles. The van der Waals surface area contributed by atoms with Gasteiger partial charge in [-0.1, -0.05) is 5.21 Å². The predicted octanol–water partition coefficient (Wildman–Crippen LogP) is -0.931. The summed E-state index contributed by atoms with van der Waals surface area (Å²) in [5.41, 5.74) is 0. The van der Waals surface area contributed by atoms with Crippen LogP contribution >= 0.6 is 0 Å². The number of aromatic nitrogens is 3. The molecule has 0 aliphatic carbocycles. The molecule has 0 aromatic carbocycles. The van der Waals surface area contributed by atoms with Crippen molar-refractivity contribution in [3.63, 3.8) is 0 Å². The molecule has 1 amide bonds. The lowest BCUT2D eigenvalue weighted by molar-refractivity contribution is -0.160. The zero-order chi connectivity index (χ0) is 13.7. The van der Waals surface area contributed by atoms with Crippen molar-refractivity contribution in [3.05, 3.63) is 12.4 Å². The Hall–Kier alpha value is -1.96. The fourth-order valence-corrected chi connectivity index (χ4v) is 1.94. The van der Waals surface area contributed by atoms with Crippen molar-refractivity contribution >= 4 is 11.9 Å². The molecule has 1 unspecified atom stereocenters. The first-order valence-corrected chi connectivity index (χ1v) is 6.01. The van der Waals surface area contributed by atoms with Gasteiger partial charge in [0, 0.05) is 19.2 Å². The first kappa shape index (κ1) is 13.5. The van der Waals surface area contributed by atoms with Crippen LogP contribution in [0.2, 0.25) is 0 Å². The van der Waals surface area contributed by atoms with E-state index in [-0.39, 0.29) is 18.9 Å². The normalized spacial score (nSPS) is 19.2. The van der Waals surface area contributed by atoms with Crippen LogP contribution in [-0.4, -0.2) is 64.7 Å². The summed E-state index contributed by atoms with van der Waals surface area (Å²) < 4.78 is 11.5. The number of ether oxygens (including phenoxy) is 2. The number of amides is 1. The van der Waals surface area contributed by atoms with Crippen LogP contribution < -0.4 is 0 Å². The van der Waals surface area contributed by atoms with Crippen LogP contribution in [-0.2, 0) is 25.6 Å². The number of esters is 1. The van der Waals surface area contributed by atoms with E-state index in [0.29, 0.717) is 19.7 Å². The molecule has 1 saturated heterocycles. The maximum absolute atomic E-state index is 12.1. The van der Waals surface area contributed by atoms with Gasteiger partial charge in [-0.05, 0) is 0 Å². The van der Waals surface area contributed by atoms with E-state index in [1.54, 1.807) is 17.1 Å². The Bertz CT molecular complexity index is 434. The Labute approximate surface area is 110 Å². The number of nitrogens with zero attached hydrogens (tertiary/aromatic N) is 4. The lowest BCUT2D eigenvalue weighted by Crippen LogP contribution is -2.53. The number of hydrogen-bond donors (Lipinski definition) is 0. The molecule has 0 radical (unpaired) electrons. The summed E-state index contributed by atoms with van der Waals surface area (Å²) in [5.74, 6) is -0.567. The van der Waals surface area contributed by atoms with Crippen LogP contribution in [0.1, 0.15) is 6.42 Å². The highest BCUT2D eigenvalue weighted by molar-refractivity contribution is 5.84. The molecule has 2 heterocycles. The van der Waals surface area contributed by atoms with Gasteiger partial charge in [0.05, 0.1) is 33.1 Å². The van der Waals surface area contributed by atoms with Gasteiger partial charge in [0.15, 0.2) is 6.04 Å². The lowest BCUT2D eigenvalue weighted by atomic mass is 10.2. The maximum atomic E-state index is 12.1. The quantitative estimate of drug-likeness (QED) is 0.656. The van der Waals surface area contributed by atoms with Crippen LogP contribution in [0.5, 0.6) is 0 Å². The van der Waals surface area contributed by atoms with E-state index in [1.807, 2.05) is 0 Å². The third kappa shape index (κ3) is 3.28. The highest BCUT2D eigenvalue weighted by Crippen LogP contribution is 2.10. The van der Waals surface area contributed by atoms with Gasteiger partial charge >= 0.3 is 5.97 Å². The van der Waals surface area contributed by atoms with Crippen LogP contribution in [0.4, 0.5) is 0 Å². The Kier molecular flexibility index (Phi) is 4.45. The number of carbonyl (C=O) groups excluding carboxylic acids is 2. The molecule has 1 aromatic rings. The number of aryl methyl sites for hydroxylation is 1. The monoisotopic (exact) mass is 268 g/mol. The summed E-state index contributed by atoms with van der Waals surface area (Å²) in [5, 5.41) is 7.45. The van der Waals surface area contributed by atoms with Gasteiger partial charge in [-0.2, -0.15) is 0 Å². The number of morpholine rings is 1. The van der Waals surface area contributed by atoms with Crippen molar-refractivity contribution in [1.29, 1.82) is 0 Å². The second kappa shape index (κ2) is 6.28. The van der Waals surface area contributed by atoms with Crippen molar-refractivity contribution in [2.75, 3.05) is 26.9 Å². The van der Waals surface area contributed by atoms with Crippen molar-refractivity contribution in [3.8, 4) is 0 Å². The minimum Gasteiger partial charge on any atom is -0.467 e. The lowest BCUT2D eigenvalue weighted by Gasteiger charge is -2.33. The molecule has 2 rings (SSSR count). The van der Waals surface area contributed by atoms with E-state index < -0.39 is 12.0 Å². The van der Waals surface area contributed by atoms with E-state index in [4.69, 9.17) is 4.74 Å². The maximum Gasteiger partial charge on any atom is 0.331 e. The number of rotatable bonds is 4. The number of methoxy groups -OCH3 is 1. The third-order valence-corrected chi connectivity index (χ3v) is 2.95. The van der Waals surface area contributed by atoms with Crippen molar-refractivity contribution in [2.45, 2.75) is 19.0 Å². The van der Waals surface area contributed by atoms with Crippen LogP contribution in [0.3, 0.4) is 0 Å². The molecule has 1 fully saturated rings. The summed E-state index contributed by atoms with van der Waals surface area (Å²) in [4.78, 5) is 25.2. The fraction of sp³-hybridized carbons (Fsp3) is 0.636. The SMILES string of the molecule is COC(=O)C1COCCN1C(=O)CCn1ccnn1. The highest BCUT2D eigenvalue weighted by atomic mass is 16.5. The topological polar surface area (TPSA) is 86.5 Å². The van der Waals surface area contributed by atoms with Crippen molar-refractivity contribution in [1.82, 2.24) is 19.9 Å². The molecular weight excluding hydrogens is 252 g/mol. The van der Waals surface area contributed by atoms with Gasteiger partial charge in [-0.15, -0.1) is 5.10 Å². The van der Waals surface area contributed by atoms with Gasteiger partial charge in [0.25, 0.3) is 0 Å². The van der Waals surface area contributed by atoms with E-state index in [0.717, 1.165) is 0 Å². The molecule has 1 atom stereocenters. The molecule has 104 valence electrons. The van der Waals surface area contributed by atoms with Gasteiger partial charge in [0.1, 0.15) is 0 Å². The zero-order valence-corrected chi connectivity index (χ0v) is 10.7. The molecule has 0 N–H and O–H groups in total. The molecule has 0 saturated carbocycles. The van der Waals surface area contributed by atoms with Gasteiger partial charge < -0.3 is 14.4 Å². The Morgan fingerprint density at radius 2 is 2.37 bits per heavy atom. The summed E-state index contributed by atoms with van der Waals surface area (Å²) in [6, 6.07) is -0.651. The molecular formula is C11H16N4O4. The van der Waals surface area contributed by atoms with Crippen molar-refractivity contribution in [2.24, 2.45) is 0 Å². The fourth-order valence-electron chi connectivity index (χ4n) is 1.94. The van der Waals surface area contributed by atoms with E-state index in [1.165, 1.54) is 12.0 Å². The smallest absolute Gasteiger partial charge is 0.331 e. The minimum absolute atomic E-state index is 0.116. The van der Waals surface area contributed by atoms with Gasteiger partial charge in [-0.3, -0.25) is 9.48 Å². The predicted molar refractivity (Wildman–Crippen MR) is 63.0 cm³/mol. The van der Waals surface area contributed by atoms with Crippen LogP contribution in [0, 0.1) is 0 Å². The van der Waals surface area contributed by atoms with Crippen molar-refractivity contribution < 1.29 is 19.1 Å². The molecule has 1 aliphatic rings. The van der Waals surface area contributed by atoms with Gasteiger partial charge in [-0.25, -0.2) is 4.79 Å². The average molecular weight is 268 g/mol. The number of hydrogen-bond acceptors (Lipinski definition) is 6. The molecule has 8 nitrogen and oxygen atoms in total. The first-order valence-electron chi connectivity index (χ1n) is 6.01. The summed E-state index contributed by atoms with van der Waals surface area (Å²) >= 11 is 0. The van der Waals surface area contributed by atoms with E-state index >= 15 is 0 Å². The van der Waals surface area contributed by atoms with E-state index in [2.05, 4.69) is 15.0 Å². The zero-order valence-electron chi connectivity index (χ0n) is 10.7. The summed E-state index contributed by atoms with van der Waals surface area (Å²) in [6.07, 6.45) is 3.50. The standard InChI is InChI=1S/C11H16N4O4/c1-18-11(17)9-8-19-7-6-15(9)10(16)2-4-14-5-3-12-13-14/h3,5,9H,2,4,6-8H2,1H3. The van der Waals surface area contributed by atoms with E-state index in [9.17, 15) is 9.59 Å². The Morgan fingerprint density at radius 3 is 3.05 bits per heavy atom. The summed E-state index contributed by atoms with van der Waals surface area (Å²) in [7, 11) is 1.30. The van der Waals surface area contributed by atoms with Crippen LogP contribution in [0.15, 0.2) is 12.4 Å². The molecule has 19 heavy (non-hydrogen) atoms. The highest BCUT2D eigenvalue weighted by Gasteiger charge is 2.33. The second-order valence-electron chi connectivity index (χ2n) is 4.12. The number of carbonyl (C=O) groups is 2. The second-order valence-corrected chi connectivity index (χ2v) is 4.12. The minimum atomic E-state index is -0.651. The average Bonchev–Trinajstić information content (AvgIpc) is 2.97. The first-order chi connectivity index (χ1) is 9.22. The molecule has 8 heteroatoms. The molecule has 0 spiro atoms. The largest absolute Gasteiger partial charge is 0.467 e. The Balaban J connectivity index is 1.93. The third-order valence-electron chi connectivity index (χ3n) is 2.95. The molecule has 1 aliphatic heterocycles. The molecule has 0 bridgehead atoms. The summed E-state index contributed by atoms with van der Waals surface area (Å²) in [6.45, 7) is 1.45. The Morgan fingerprint density at radius 1 is 1.53 bits per heavy atom. The van der Waals surface area contributed by atoms with Crippen LogP contribution in [0.25, 0.3) is 0 Å².